The van der Waals surface area contributed by atoms with Gasteiger partial charge in [-0.2, -0.15) is 0 Å². The fourth-order valence-corrected chi connectivity index (χ4v) is 2.58. The van der Waals surface area contributed by atoms with Crippen molar-refractivity contribution in [3.8, 4) is 0 Å². The van der Waals surface area contributed by atoms with Gasteiger partial charge in [-0.1, -0.05) is 6.92 Å². The highest BCUT2D eigenvalue weighted by atomic mass is 15.2. The van der Waals surface area contributed by atoms with Gasteiger partial charge in [-0.15, -0.1) is 0 Å². The standard InChI is InChI=1S/C10H20N2/c1-2-12-7-5-9-4-3-6-11-10(9)8-12/h9-11H,2-8H2,1H3/t9-,10+/m1/s1. The summed E-state index contributed by atoms with van der Waals surface area (Å²) in [5.74, 6) is 0.988. The largest absolute Gasteiger partial charge is 0.312 e. The molecule has 0 bridgehead atoms. The lowest BCUT2D eigenvalue weighted by molar-refractivity contribution is 0.122. The van der Waals surface area contributed by atoms with Crippen molar-refractivity contribution in [2.45, 2.75) is 32.2 Å². The van der Waals surface area contributed by atoms with E-state index in [9.17, 15) is 0 Å². The first-order valence-corrected chi connectivity index (χ1v) is 5.36. The molecule has 0 aromatic carbocycles. The number of fused-ring (bicyclic) bond motifs is 1. The van der Waals surface area contributed by atoms with Gasteiger partial charge in [-0.05, 0) is 44.8 Å². The molecule has 0 spiro atoms. The second-order valence-electron chi connectivity index (χ2n) is 4.14. The lowest BCUT2D eigenvalue weighted by atomic mass is 9.85. The van der Waals surface area contributed by atoms with Crippen molar-refractivity contribution < 1.29 is 0 Å². The smallest absolute Gasteiger partial charge is 0.0223 e. The van der Waals surface area contributed by atoms with Gasteiger partial charge in [-0.3, -0.25) is 0 Å². The highest BCUT2D eigenvalue weighted by Crippen LogP contribution is 2.24. The number of likely N-dealkylation sites (N-methyl/N-ethyl adjacent to an activating group) is 1. The topological polar surface area (TPSA) is 15.3 Å². The summed E-state index contributed by atoms with van der Waals surface area (Å²) in [6.45, 7) is 7.37. The Morgan fingerprint density at radius 1 is 1.42 bits per heavy atom. The number of nitrogens with one attached hydrogen (secondary N) is 1. The Bertz CT molecular complexity index is 147. The van der Waals surface area contributed by atoms with Gasteiger partial charge < -0.3 is 10.2 Å². The van der Waals surface area contributed by atoms with Crippen LogP contribution in [0.2, 0.25) is 0 Å². The summed E-state index contributed by atoms with van der Waals surface area (Å²) in [5, 5.41) is 3.64. The Hall–Kier alpha value is -0.0800. The molecule has 2 heteroatoms. The maximum atomic E-state index is 3.64. The molecule has 2 aliphatic rings. The van der Waals surface area contributed by atoms with Crippen molar-refractivity contribution in [3.05, 3.63) is 0 Å². The SMILES string of the molecule is CCN1CC[C@H]2CCCN[C@H]2C1. The van der Waals surface area contributed by atoms with Crippen molar-refractivity contribution in [3.63, 3.8) is 0 Å². The normalized spacial score (nSPS) is 37.8. The molecule has 0 aromatic heterocycles. The molecule has 0 amide bonds. The van der Waals surface area contributed by atoms with Crippen LogP contribution in [0.4, 0.5) is 0 Å². The van der Waals surface area contributed by atoms with Crippen LogP contribution < -0.4 is 5.32 Å². The molecule has 2 heterocycles. The Labute approximate surface area is 75.3 Å². The van der Waals surface area contributed by atoms with Crippen LogP contribution >= 0.6 is 0 Å². The number of rotatable bonds is 1. The summed E-state index contributed by atoms with van der Waals surface area (Å²) in [4.78, 5) is 2.57. The number of hydrogen-bond acceptors (Lipinski definition) is 2. The van der Waals surface area contributed by atoms with Crippen LogP contribution in [-0.4, -0.2) is 37.1 Å². The maximum absolute atomic E-state index is 3.64. The summed E-state index contributed by atoms with van der Waals surface area (Å²) in [6.07, 6.45) is 4.29. The van der Waals surface area contributed by atoms with Gasteiger partial charge >= 0.3 is 0 Å². The fraction of sp³-hybridized carbons (Fsp3) is 1.00. The van der Waals surface area contributed by atoms with E-state index in [1.807, 2.05) is 0 Å². The molecule has 2 rings (SSSR count). The zero-order valence-electron chi connectivity index (χ0n) is 8.05. The molecule has 2 saturated heterocycles. The summed E-state index contributed by atoms with van der Waals surface area (Å²) in [5.41, 5.74) is 0. The molecule has 0 radical (unpaired) electrons. The van der Waals surface area contributed by atoms with Crippen LogP contribution in [0.5, 0.6) is 0 Å². The first-order valence-electron chi connectivity index (χ1n) is 5.36. The van der Waals surface area contributed by atoms with E-state index < -0.39 is 0 Å². The summed E-state index contributed by atoms with van der Waals surface area (Å²) < 4.78 is 0. The van der Waals surface area contributed by atoms with E-state index in [1.54, 1.807) is 0 Å². The monoisotopic (exact) mass is 168 g/mol. The third-order valence-corrected chi connectivity index (χ3v) is 3.45. The van der Waals surface area contributed by atoms with E-state index >= 15 is 0 Å². The lowest BCUT2D eigenvalue weighted by Gasteiger charge is -2.41. The van der Waals surface area contributed by atoms with Crippen LogP contribution in [0.25, 0.3) is 0 Å². The highest BCUT2D eigenvalue weighted by molar-refractivity contribution is 4.87. The second kappa shape index (κ2) is 3.75. The van der Waals surface area contributed by atoms with E-state index in [4.69, 9.17) is 0 Å². The minimum absolute atomic E-state index is 0.812. The molecule has 12 heavy (non-hydrogen) atoms. The molecule has 0 unspecified atom stereocenters. The minimum atomic E-state index is 0.812. The number of likely N-dealkylation sites (tertiary alicyclic amines) is 1. The highest BCUT2D eigenvalue weighted by Gasteiger charge is 2.29. The Balaban J connectivity index is 1.90. The van der Waals surface area contributed by atoms with Crippen LogP contribution in [0.3, 0.4) is 0 Å². The molecule has 70 valence electrons. The Morgan fingerprint density at radius 2 is 2.33 bits per heavy atom. The van der Waals surface area contributed by atoms with E-state index in [-0.39, 0.29) is 0 Å². The maximum Gasteiger partial charge on any atom is 0.0223 e. The first kappa shape index (κ1) is 8.52. The molecular formula is C10H20N2. The van der Waals surface area contributed by atoms with E-state index in [1.165, 1.54) is 45.4 Å². The average molecular weight is 168 g/mol. The number of nitrogens with zero attached hydrogens (tertiary/aromatic N) is 1. The molecule has 2 atom stereocenters. The van der Waals surface area contributed by atoms with Gasteiger partial charge in [0.25, 0.3) is 0 Å². The minimum Gasteiger partial charge on any atom is -0.312 e. The average Bonchev–Trinajstić information content (AvgIpc) is 2.17. The molecule has 2 aliphatic heterocycles. The Morgan fingerprint density at radius 3 is 3.17 bits per heavy atom. The van der Waals surface area contributed by atoms with Gasteiger partial charge in [0, 0.05) is 12.6 Å². The summed E-state index contributed by atoms with van der Waals surface area (Å²) in [6, 6.07) is 0.812. The number of piperidine rings is 2. The molecular weight excluding hydrogens is 148 g/mol. The van der Waals surface area contributed by atoms with Crippen molar-refractivity contribution >= 4 is 0 Å². The van der Waals surface area contributed by atoms with Crippen molar-refractivity contribution in [2.75, 3.05) is 26.2 Å². The quantitative estimate of drug-likeness (QED) is 0.630. The summed E-state index contributed by atoms with van der Waals surface area (Å²) >= 11 is 0. The van der Waals surface area contributed by atoms with Crippen LogP contribution in [0.1, 0.15) is 26.2 Å². The van der Waals surface area contributed by atoms with Gasteiger partial charge in [0.15, 0.2) is 0 Å². The summed E-state index contributed by atoms with van der Waals surface area (Å²) in [7, 11) is 0. The van der Waals surface area contributed by atoms with Crippen LogP contribution in [0.15, 0.2) is 0 Å². The predicted molar refractivity (Wildman–Crippen MR) is 51.2 cm³/mol. The number of hydrogen-bond donors (Lipinski definition) is 1. The molecule has 1 N–H and O–H groups in total. The van der Waals surface area contributed by atoms with Crippen molar-refractivity contribution in [1.82, 2.24) is 10.2 Å². The van der Waals surface area contributed by atoms with Crippen molar-refractivity contribution in [2.24, 2.45) is 5.92 Å². The second-order valence-corrected chi connectivity index (χ2v) is 4.14. The molecule has 2 nitrogen and oxygen atoms in total. The molecule has 0 saturated carbocycles. The Kier molecular flexibility index (Phi) is 2.66. The molecule has 0 aromatic rings. The van der Waals surface area contributed by atoms with Crippen molar-refractivity contribution in [1.29, 1.82) is 0 Å². The molecule has 2 fully saturated rings. The van der Waals surface area contributed by atoms with Gasteiger partial charge in [0.1, 0.15) is 0 Å². The zero-order chi connectivity index (χ0) is 8.39. The zero-order valence-corrected chi connectivity index (χ0v) is 8.05. The van der Waals surface area contributed by atoms with E-state index in [2.05, 4.69) is 17.1 Å². The van der Waals surface area contributed by atoms with Gasteiger partial charge in [0.05, 0.1) is 0 Å². The van der Waals surface area contributed by atoms with Gasteiger partial charge in [-0.25, -0.2) is 0 Å². The van der Waals surface area contributed by atoms with E-state index in [0.29, 0.717) is 0 Å². The predicted octanol–water partition coefficient (Wildman–Crippen LogP) is 1.08. The first-order chi connectivity index (χ1) is 5.90. The van der Waals surface area contributed by atoms with Gasteiger partial charge in [0.2, 0.25) is 0 Å². The van der Waals surface area contributed by atoms with E-state index in [0.717, 1.165) is 12.0 Å². The van der Waals surface area contributed by atoms with Crippen LogP contribution in [-0.2, 0) is 0 Å². The molecule has 0 aliphatic carbocycles. The third-order valence-electron chi connectivity index (χ3n) is 3.45. The van der Waals surface area contributed by atoms with Crippen LogP contribution in [0, 0.1) is 5.92 Å². The lowest BCUT2D eigenvalue weighted by Crippen LogP contribution is -2.53. The fourth-order valence-electron chi connectivity index (χ4n) is 2.58. The third kappa shape index (κ3) is 1.64.